The molecule has 4 heterocycles. The van der Waals surface area contributed by atoms with Crippen LogP contribution in [0.1, 0.15) is 43.9 Å². The van der Waals surface area contributed by atoms with E-state index in [-0.39, 0.29) is 12.1 Å². The number of thiophene rings is 1. The second kappa shape index (κ2) is 10.1. The van der Waals surface area contributed by atoms with Gasteiger partial charge in [-0.05, 0) is 53.5 Å². The van der Waals surface area contributed by atoms with Gasteiger partial charge >= 0.3 is 5.97 Å². The van der Waals surface area contributed by atoms with Crippen LogP contribution >= 0.6 is 11.3 Å². The number of hydrogen-bond donors (Lipinski definition) is 2. The average Bonchev–Trinajstić information content (AvgIpc) is 3.56. The Morgan fingerprint density at radius 2 is 1.92 bits per heavy atom. The van der Waals surface area contributed by atoms with E-state index in [1.54, 1.807) is 41.7 Å². The molecule has 7 nitrogen and oxygen atoms in total. The number of benzene rings is 2. The minimum absolute atomic E-state index is 0.0497. The number of nitrogens with zero attached hydrogens (tertiary/aromatic N) is 1. The molecule has 2 aromatic heterocycles. The molecular weight excluding hydrogens is 486 g/mol. The maximum atomic E-state index is 13.1. The highest BCUT2D eigenvalue weighted by Gasteiger charge is 2.33. The molecule has 4 aromatic rings. The second-order valence-corrected chi connectivity index (χ2v) is 10.1. The van der Waals surface area contributed by atoms with Gasteiger partial charge in [-0.3, -0.25) is 9.69 Å². The van der Waals surface area contributed by atoms with Crippen LogP contribution in [0.4, 0.5) is 5.00 Å². The lowest BCUT2D eigenvalue weighted by Gasteiger charge is -2.28. The summed E-state index contributed by atoms with van der Waals surface area (Å²) in [5, 5.41) is 7.50. The number of nitrogens with one attached hydrogen (secondary N) is 2. The molecule has 1 amide bonds. The fraction of sp³-hybridized carbons (Fsp3) is 0.172. The largest absolute Gasteiger partial charge is 0.465 e. The van der Waals surface area contributed by atoms with Gasteiger partial charge in [0.2, 0.25) is 0 Å². The molecule has 0 saturated carbocycles. The van der Waals surface area contributed by atoms with Crippen LogP contribution in [-0.2, 0) is 24.3 Å². The first-order chi connectivity index (χ1) is 18.1. The van der Waals surface area contributed by atoms with Crippen LogP contribution in [0.3, 0.4) is 0 Å². The van der Waals surface area contributed by atoms with Crippen LogP contribution in [0.5, 0.6) is 5.75 Å². The molecule has 0 bridgehead atoms. The van der Waals surface area contributed by atoms with Gasteiger partial charge in [-0.15, -0.1) is 11.3 Å². The van der Waals surface area contributed by atoms with Crippen molar-refractivity contribution in [3.8, 4) is 5.75 Å². The normalized spacial score (nSPS) is 17.1. The third-order valence-corrected chi connectivity index (χ3v) is 7.67. The van der Waals surface area contributed by atoms with Gasteiger partial charge in [0.05, 0.1) is 11.8 Å². The van der Waals surface area contributed by atoms with Crippen LogP contribution < -0.4 is 15.4 Å². The van der Waals surface area contributed by atoms with Gasteiger partial charge in [-0.2, -0.15) is 0 Å². The van der Waals surface area contributed by atoms with Crippen molar-refractivity contribution >= 4 is 34.3 Å². The van der Waals surface area contributed by atoms with Crippen molar-refractivity contribution in [2.45, 2.75) is 25.7 Å². The number of furan rings is 1. The van der Waals surface area contributed by atoms with Crippen LogP contribution in [0.15, 0.2) is 83.5 Å². The van der Waals surface area contributed by atoms with E-state index in [1.807, 2.05) is 18.2 Å². The topological polar surface area (TPSA) is 83.8 Å². The monoisotopic (exact) mass is 511 g/mol. The highest BCUT2D eigenvalue weighted by molar-refractivity contribution is 7.16. The SMILES string of the molecule is O=C(C=Cc1ccco1)Oc1ccc(C2NC(=O)c3c(sc4c3CCN(Cc3ccccc3)C4)N2)cc1. The maximum Gasteiger partial charge on any atom is 0.336 e. The second-order valence-electron chi connectivity index (χ2n) is 9.04. The molecule has 8 heteroatoms. The Hall–Kier alpha value is -4.14. The quantitative estimate of drug-likeness (QED) is 0.206. The van der Waals surface area contributed by atoms with Gasteiger partial charge in [0.25, 0.3) is 5.91 Å². The molecule has 2 aliphatic rings. The fourth-order valence-corrected chi connectivity index (χ4v) is 6.04. The van der Waals surface area contributed by atoms with Crippen molar-refractivity contribution in [3.05, 3.63) is 112 Å². The zero-order chi connectivity index (χ0) is 25.2. The van der Waals surface area contributed by atoms with Gasteiger partial charge in [-0.1, -0.05) is 42.5 Å². The zero-order valence-corrected chi connectivity index (χ0v) is 20.8. The summed E-state index contributed by atoms with van der Waals surface area (Å²) in [5.74, 6) is 0.449. The molecule has 2 aromatic carbocycles. The van der Waals surface area contributed by atoms with E-state index in [0.29, 0.717) is 11.5 Å². The summed E-state index contributed by atoms with van der Waals surface area (Å²) in [4.78, 5) is 28.9. The summed E-state index contributed by atoms with van der Waals surface area (Å²) in [7, 11) is 0. The predicted octanol–water partition coefficient (Wildman–Crippen LogP) is 5.37. The number of carbonyl (C=O) groups is 2. The van der Waals surface area contributed by atoms with Gasteiger partial charge in [0.1, 0.15) is 22.7 Å². The first-order valence-electron chi connectivity index (χ1n) is 12.1. The van der Waals surface area contributed by atoms with Crippen molar-refractivity contribution in [3.63, 3.8) is 0 Å². The third-order valence-electron chi connectivity index (χ3n) is 6.52. The predicted molar refractivity (Wildman–Crippen MR) is 142 cm³/mol. The molecule has 37 heavy (non-hydrogen) atoms. The van der Waals surface area contributed by atoms with E-state index in [4.69, 9.17) is 9.15 Å². The molecular formula is C29H25N3O4S. The van der Waals surface area contributed by atoms with E-state index >= 15 is 0 Å². The Kier molecular flexibility index (Phi) is 6.34. The molecule has 6 rings (SSSR count). The summed E-state index contributed by atoms with van der Waals surface area (Å²) >= 11 is 1.67. The van der Waals surface area contributed by atoms with Crippen molar-refractivity contribution in [1.29, 1.82) is 0 Å². The molecule has 0 radical (unpaired) electrons. The Bertz CT molecular complexity index is 1440. The molecule has 0 spiro atoms. The molecule has 1 unspecified atom stereocenters. The Balaban J connectivity index is 1.12. The van der Waals surface area contributed by atoms with Gasteiger partial charge in [0, 0.05) is 30.6 Å². The number of fused-ring (bicyclic) bond motifs is 3. The van der Waals surface area contributed by atoms with Crippen LogP contribution in [0.2, 0.25) is 0 Å². The van der Waals surface area contributed by atoms with Gasteiger partial charge < -0.3 is 19.8 Å². The third kappa shape index (κ3) is 5.07. The lowest BCUT2D eigenvalue weighted by Crippen LogP contribution is -2.38. The number of esters is 1. The van der Waals surface area contributed by atoms with E-state index in [9.17, 15) is 9.59 Å². The average molecular weight is 512 g/mol. The molecule has 0 fully saturated rings. The minimum atomic E-state index is -0.497. The van der Waals surface area contributed by atoms with Gasteiger partial charge in [0.15, 0.2) is 0 Å². The highest BCUT2D eigenvalue weighted by Crippen LogP contribution is 2.41. The number of carbonyl (C=O) groups excluding carboxylic acids is 2. The number of amides is 1. The number of rotatable bonds is 6. The van der Waals surface area contributed by atoms with Crippen molar-refractivity contribution in [1.82, 2.24) is 10.2 Å². The zero-order valence-electron chi connectivity index (χ0n) is 20.0. The summed E-state index contributed by atoms with van der Waals surface area (Å²) < 4.78 is 10.5. The smallest absolute Gasteiger partial charge is 0.336 e. The number of anilines is 1. The molecule has 186 valence electrons. The van der Waals surface area contributed by atoms with Crippen LogP contribution in [-0.4, -0.2) is 23.3 Å². The van der Waals surface area contributed by atoms with Crippen molar-refractivity contribution in [2.24, 2.45) is 0 Å². The van der Waals surface area contributed by atoms with Crippen LogP contribution in [0, 0.1) is 0 Å². The van der Waals surface area contributed by atoms with E-state index in [2.05, 4.69) is 39.8 Å². The highest BCUT2D eigenvalue weighted by atomic mass is 32.1. The van der Waals surface area contributed by atoms with E-state index in [0.717, 1.165) is 47.7 Å². The Morgan fingerprint density at radius 3 is 2.70 bits per heavy atom. The minimum Gasteiger partial charge on any atom is -0.465 e. The first-order valence-corrected chi connectivity index (χ1v) is 13.0. The molecule has 0 saturated heterocycles. The molecule has 2 N–H and O–H groups in total. The van der Waals surface area contributed by atoms with E-state index < -0.39 is 5.97 Å². The Morgan fingerprint density at radius 1 is 1.08 bits per heavy atom. The van der Waals surface area contributed by atoms with Crippen LogP contribution in [0.25, 0.3) is 6.08 Å². The van der Waals surface area contributed by atoms with E-state index in [1.165, 1.54) is 22.8 Å². The lowest BCUT2D eigenvalue weighted by molar-refractivity contribution is -0.128. The maximum absolute atomic E-state index is 13.1. The fourth-order valence-electron chi connectivity index (χ4n) is 4.73. The summed E-state index contributed by atoms with van der Waals surface area (Å²) in [6.45, 7) is 2.68. The molecule has 2 aliphatic heterocycles. The summed E-state index contributed by atoms with van der Waals surface area (Å²) in [6, 6.07) is 21.1. The van der Waals surface area contributed by atoms with Gasteiger partial charge in [-0.25, -0.2) is 4.79 Å². The molecule has 0 aliphatic carbocycles. The first kappa shape index (κ1) is 23.3. The van der Waals surface area contributed by atoms with Crippen molar-refractivity contribution < 1.29 is 18.7 Å². The summed E-state index contributed by atoms with van der Waals surface area (Å²) in [6.07, 6.45) is 4.91. The Labute approximate surface area is 218 Å². The molecule has 1 atom stereocenters. The van der Waals surface area contributed by atoms with Crippen molar-refractivity contribution in [2.75, 3.05) is 11.9 Å². The standard InChI is InChI=1S/C29H25N3O4S/c33-25(13-12-21-7-4-16-35-21)36-22-10-8-20(9-11-22)27-30-28(34)26-23-14-15-32(17-19-5-2-1-3-6-19)18-24(23)37-29(26)31-27/h1-13,16,27,31H,14-15,17-18H2,(H,30,34). The number of ether oxygens (including phenoxy) is 1. The lowest BCUT2D eigenvalue weighted by atomic mass is 10.00. The summed E-state index contributed by atoms with van der Waals surface area (Å²) in [5.41, 5.74) is 4.12. The number of hydrogen-bond acceptors (Lipinski definition) is 7.